The Morgan fingerprint density at radius 1 is 1.11 bits per heavy atom. The van der Waals surface area contributed by atoms with Gasteiger partial charge in [-0.05, 0) is 41.8 Å². The maximum absolute atomic E-state index is 12.6. The normalized spacial score (nSPS) is 14.0. The van der Waals surface area contributed by atoms with Gasteiger partial charge in [-0.2, -0.15) is 0 Å². The van der Waals surface area contributed by atoms with Gasteiger partial charge < -0.3 is 19.7 Å². The molecule has 3 rings (SSSR count). The van der Waals surface area contributed by atoms with Gasteiger partial charge in [0.1, 0.15) is 5.75 Å². The van der Waals surface area contributed by atoms with Gasteiger partial charge >= 0.3 is 0 Å². The topological polar surface area (TPSA) is 67.9 Å². The Bertz CT molecular complexity index is 812. The molecule has 1 aliphatic rings. The predicted molar refractivity (Wildman–Crippen MR) is 108 cm³/mol. The van der Waals surface area contributed by atoms with Gasteiger partial charge in [0.2, 0.25) is 0 Å². The summed E-state index contributed by atoms with van der Waals surface area (Å²) in [6.45, 7) is 6.43. The van der Waals surface area contributed by atoms with Crippen LogP contribution < -0.4 is 10.1 Å². The fourth-order valence-electron chi connectivity index (χ4n) is 2.97. The molecule has 0 aliphatic carbocycles. The van der Waals surface area contributed by atoms with E-state index in [0.717, 1.165) is 0 Å². The van der Waals surface area contributed by atoms with Crippen LogP contribution in [0.3, 0.4) is 0 Å². The maximum atomic E-state index is 12.6. The second-order valence-corrected chi connectivity index (χ2v) is 7.05. The van der Waals surface area contributed by atoms with Crippen LogP contribution in [0.2, 0.25) is 0 Å². The van der Waals surface area contributed by atoms with Crippen LogP contribution in [0.1, 0.15) is 35.7 Å². The van der Waals surface area contributed by atoms with Crippen molar-refractivity contribution in [2.75, 3.05) is 38.2 Å². The SMILES string of the molecule is CC(C)c1ccc(OCC(=O)Nc2cccc(C(=O)N3CCOCC3)c2)cc1. The number of morpholine rings is 1. The number of anilines is 1. The smallest absolute Gasteiger partial charge is 0.262 e. The molecule has 6 heteroatoms. The highest BCUT2D eigenvalue weighted by Gasteiger charge is 2.18. The summed E-state index contributed by atoms with van der Waals surface area (Å²) < 4.78 is 10.8. The minimum Gasteiger partial charge on any atom is -0.484 e. The molecule has 1 fully saturated rings. The standard InChI is InChI=1S/C22H26N2O4/c1-16(2)17-6-8-20(9-7-17)28-15-21(25)23-19-5-3-4-18(14-19)22(26)24-10-12-27-13-11-24/h3-9,14,16H,10-13,15H2,1-2H3,(H,23,25). The van der Waals surface area contributed by atoms with Crippen molar-refractivity contribution in [1.82, 2.24) is 4.90 Å². The number of benzene rings is 2. The summed E-state index contributed by atoms with van der Waals surface area (Å²) in [4.78, 5) is 26.5. The van der Waals surface area contributed by atoms with Crippen molar-refractivity contribution in [3.63, 3.8) is 0 Å². The van der Waals surface area contributed by atoms with Gasteiger partial charge in [-0.15, -0.1) is 0 Å². The quantitative estimate of drug-likeness (QED) is 0.832. The molecule has 28 heavy (non-hydrogen) atoms. The largest absolute Gasteiger partial charge is 0.484 e. The summed E-state index contributed by atoms with van der Waals surface area (Å²) in [7, 11) is 0. The first-order chi connectivity index (χ1) is 13.5. The first kappa shape index (κ1) is 19.9. The van der Waals surface area contributed by atoms with Gasteiger partial charge in [0.25, 0.3) is 11.8 Å². The number of carbonyl (C=O) groups is 2. The second kappa shape index (κ2) is 9.37. The van der Waals surface area contributed by atoms with E-state index in [4.69, 9.17) is 9.47 Å². The number of nitrogens with one attached hydrogen (secondary N) is 1. The molecule has 0 unspecified atom stereocenters. The van der Waals surface area contributed by atoms with Crippen molar-refractivity contribution in [2.24, 2.45) is 0 Å². The molecule has 0 spiro atoms. The Labute approximate surface area is 165 Å². The number of hydrogen-bond donors (Lipinski definition) is 1. The van der Waals surface area contributed by atoms with Gasteiger partial charge in [0.05, 0.1) is 13.2 Å². The molecule has 0 saturated carbocycles. The number of amides is 2. The van der Waals surface area contributed by atoms with Crippen LogP contribution in [0.25, 0.3) is 0 Å². The lowest BCUT2D eigenvalue weighted by Gasteiger charge is -2.27. The van der Waals surface area contributed by atoms with E-state index < -0.39 is 0 Å². The van der Waals surface area contributed by atoms with Crippen molar-refractivity contribution in [2.45, 2.75) is 19.8 Å². The third kappa shape index (κ3) is 5.33. The lowest BCUT2D eigenvalue weighted by molar-refractivity contribution is -0.118. The van der Waals surface area contributed by atoms with Gasteiger partial charge in [0.15, 0.2) is 6.61 Å². The second-order valence-electron chi connectivity index (χ2n) is 7.05. The highest BCUT2D eigenvalue weighted by Crippen LogP contribution is 2.19. The number of carbonyl (C=O) groups excluding carboxylic acids is 2. The zero-order valence-electron chi connectivity index (χ0n) is 16.3. The highest BCUT2D eigenvalue weighted by molar-refractivity contribution is 5.97. The Balaban J connectivity index is 1.54. The van der Waals surface area contributed by atoms with Crippen LogP contribution in [-0.4, -0.2) is 49.6 Å². The number of hydrogen-bond acceptors (Lipinski definition) is 4. The molecule has 1 aliphatic heterocycles. The van der Waals surface area contributed by atoms with Gasteiger partial charge in [0, 0.05) is 24.3 Å². The van der Waals surface area contributed by atoms with Gasteiger partial charge in [-0.25, -0.2) is 0 Å². The third-order valence-electron chi connectivity index (χ3n) is 4.61. The molecule has 0 aromatic heterocycles. The molecule has 1 saturated heterocycles. The highest BCUT2D eigenvalue weighted by atomic mass is 16.5. The van der Waals surface area contributed by atoms with Gasteiger partial charge in [-0.3, -0.25) is 9.59 Å². The predicted octanol–water partition coefficient (Wildman–Crippen LogP) is 3.30. The van der Waals surface area contributed by atoms with Crippen molar-refractivity contribution in [3.8, 4) is 5.75 Å². The average Bonchev–Trinajstić information content (AvgIpc) is 2.73. The van der Waals surface area contributed by atoms with Crippen LogP contribution in [0, 0.1) is 0 Å². The molecule has 2 amide bonds. The molecule has 2 aromatic carbocycles. The molecular weight excluding hydrogens is 356 g/mol. The molecule has 0 atom stereocenters. The lowest BCUT2D eigenvalue weighted by Crippen LogP contribution is -2.40. The molecule has 0 bridgehead atoms. The van der Waals surface area contributed by atoms with Crippen LogP contribution in [-0.2, 0) is 9.53 Å². The third-order valence-corrected chi connectivity index (χ3v) is 4.61. The van der Waals surface area contributed by atoms with Crippen LogP contribution in [0.4, 0.5) is 5.69 Å². The van der Waals surface area contributed by atoms with Crippen molar-refractivity contribution >= 4 is 17.5 Å². The maximum Gasteiger partial charge on any atom is 0.262 e. The summed E-state index contributed by atoms with van der Waals surface area (Å²) in [5.74, 6) is 0.769. The molecule has 2 aromatic rings. The van der Waals surface area contributed by atoms with Crippen molar-refractivity contribution in [1.29, 1.82) is 0 Å². The first-order valence-corrected chi connectivity index (χ1v) is 9.52. The van der Waals surface area contributed by atoms with E-state index in [1.165, 1.54) is 5.56 Å². The monoisotopic (exact) mass is 382 g/mol. The molecule has 6 nitrogen and oxygen atoms in total. The zero-order valence-corrected chi connectivity index (χ0v) is 16.3. The van der Waals surface area contributed by atoms with E-state index in [1.54, 1.807) is 29.2 Å². The van der Waals surface area contributed by atoms with E-state index >= 15 is 0 Å². The van der Waals surface area contributed by atoms with Crippen LogP contribution in [0.5, 0.6) is 5.75 Å². The molecular formula is C22H26N2O4. The summed E-state index contributed by atoms with van der Waals surface area (Å²) in [5, 5.41) is 2.78. The molecule has 148 valence electrons. The van der Waals surface area contributed by atoms with Crippen LogP contribution >= 0.6 is 0 Å². The number of ether oxygens (including phenoxy) is 2. The number of nitrogens with zero attached hydrogens (tertiary/aromatic N) is 1. The van der Waals surface area contributed by atoms with Gasteiger partial charge in [-0.1, -0.05) is 32.0 Å². The summed E-state index contributed by atoms with van der Waals surface area (Å²) in [6, 6.07) is 14.7. The van der Waals surface area contributed by atoms with E-state index in [9.17, 15) is 9.59 Å². The molecule has 0 radical (unpaired) electrons. The van der Waals surface area contributed by atoms with E-state index in [1.807, 2.05) is 24.3 Å². The van der Waals surface area contributed by atoms with Crippen molar-refractivity contribution in [3.05, 3.63) is 59.7 Å². The average molecular weight is 382 g/mol. The lowest BCUT2D eigenvalue weighted by atomic mass is 10.0. The summed E-state index contributed by atoms with van der Waals surface area (Å²) >= 11 is 0. The Morgan fingerprint density at radius 2 is 1.82 bits per heavy atom. The molecule has 1 N–H and O–H groups in total. The first-order valence-electron chi connectivity index (χ1n) is 9.52. The summed E-state index contributed by atoms with van der Waals surface area (Å²) in [5.41, 5.74) is 2.34. The minimum absolute atomic E-state index is 0.0547. The minimum atomic E-state index is -0.274. The van der Waals surface area contributed by atoms with E-state index in [-0.39, 0.29) is 18.4 Å². The van der Waals surface area contributed by atoms with Crippen LogP contribution in [0.15, 0.2) is 48.5 Å². The van der Waals surface area contributed by atoms with E-state index in [0.29, 0.717) is 49.2 Å². The van der Waals surface area contributed by atoms with Crippen molar-refractivity contribution < 1.29 is 19.1 Å². The fourth-order valence-corrected chi connectivity index (χ4v) is 2.97. The Hall–Kier alpha value is -2.86. The Kier molecular flexibility index (Phi) is 6.66. The fraction of sp³-hybridized carbons (Fsp3) is 0.364. The molecule has 1 heterocycles. The Morgan fingerprint density at radius 3 is 2.50 bits per heavy atom. The number of rotatable bonds is 6. The zero-order chi connectivity index (χ0) is 19.9. The summed E-state index contributed by atoms with van der Waals surface area (Å²) in [6.07, 6.45) is 0. The van der Waals surface area contributed by atoms with E-state index in [2.05, 4.69) is 19.2 Å².